The predicted molar refractivity (Wildman–Crippen MR) is 80.1 cm³/mol. The maximum Gasteiger partial charge on any atom is 0.406 e. The summed E-state index contributed by atoms with van der Waals surface area (Å²) in [6.45, 7) is 1.46. The van der Waals surface area contributed by atoms with Gasteiger partial charge in [-0.3, -0.25) is 4.79 Å². The number of hydrogen-bond acceptors (Lipinski definition) is 3. The summed E-state index contributed by atoms with van der Waals surface area (Å²) in [4.78, 5) is 15.5. The molecule has 2 N–H and O–H groups in total. The quantitative estimate of drug-likeness (QED) is 0.858. The lowest BCUT2D eigenvalue weighted by atomic mass is 10.2. The van der Waals surface area contributed by atoms with E-state index in [0.717, 1.165) is 4.57 Å². The van der Waals surface area contributed by atoms with Crippen molar-refractivity contribution in [3.05, 3.63) is 48.0 Å². The van der Waals surface area contributed by atoms with E-state index in [2.05, 4.69) is 15.6 Å². The second-order valence-corrected chi connectivity index (χ2v) is 4.88. The molecule has 0 aliphatic rings. The molecule has 0 saturated carbocycles. The van der Waals surface area contributed by atoms with Crippen LogP contribution in [0.25, 0.3) is 0 Å². The third kappa shape index (κ3) is 5.01. The van der Waals surface area contributed by atoms with Crippen molar-refractivity contribution in [2.45, 2.75) is 26.2 Å². The number of alkyl halides is 3. The molecular formula is C15H17F3N4O. The molecule has 0 saturated heterocycles. The monoisotopic (exact) mass is 326 g/mol. The fraction of sp³-hybridized carbons (Fsp3) is 0.333. The molecule has 0 atom stereocenters. The third-order valence-electron chi connectivity index (χ3n) is 3.09. The number of carbonyl (C=O) groups excluding carboxylic acids is 1. The number of imidazole rings is 1. The Morgan fingerprint density at radius 3 is 2.57 bits per heavy atom. The van der Waals surface area contributed by atoms with Gasteiger partial charge in [-0.1, -0.05) is 0 Å². The van der Waals surface area contributed by atoms with Crippen LogP contribution in [0.1, 0.15) is 23.1 Å². The molecule has 2 rings (SSSR count). The molecule has 23 heavy (non-hydrogen) atoms. The Hall–Kier alpha value is -2.51. The normalized spacial score (nSPS) is 11.3. The van der Waals surface area contributed by atoms with Crippen LogP contribution in [0.2, 0.25) is 0 Å². The zero-order valence-electron chi connectivity index (χ0n) is 12.5. The van der Waals surface area contributed by atoms with Gasteiger partial charge in [0.1, 0.15) is 12.4 Å². The molecule has 5 nitrogen and oxygen atoms in total. The highest BCUT2D eigenvalue weighted by Gasteiger charge is 2.28. The van der Waals surface area contributed by atoms with Gasteiger partial charge in [-0.25, -0.2) is 4.98 Å². The van der Waals surface area contributed by atoms with Gasteiger partial charge in [0.15, 0.2) is 0 Å². The standard InChI is InChI=1S/C15H17F3N4O/c1-2-19-14(23)11-3-5-12(6-4-11)21-9-13-20-7-8-22(13)10-15(16,17)18/h3-8,21H,2,9-10H2,1H3,(H,19,23). The molecule has 0 unspecified atom stereocenters. The Balaban J connectivity index is 1.96. The number of anilines is 1. The topological polar surface area (TPSA) is 59.0 Å². The molecule has 1 heterocycles. The van der Waals surface area contributed by atoms with Crippen LogP contribution in [0, 0.1) is 0 Å². The summed E-state index contributed by atoms with van der Waals surface area (Å²) >= 11 is 0. The van der Waals surface area contributed by atoms with Gasteiger partial charge in [-0.2, -0.15) is 13.2 Å². The first-order valence-corrected chi connectivity index (χ1v) is 7.08. The summed E-state index contributed by atoms with van der Waals surface area (Å²) in [7, 11) is 0. The first-order valence-electron chi connectivity index (χ1n) is 7.08. The summed E-state index contributed by atoms with van der Waals surface area (Å²) in [5.41, 5.74) is 1.22. The summed E-state index contributed by atoms with van der Waals surface area (Å²) in [6, 6.07) is 6.69. The highest BCUT2D eigenvalue weighted by Crippen LogP contribution is 2.18. The molecule has 2 aromatic rings. The second kappa shape index (κ2) is 7.17. The fourth-order valence-electron chi connectivity index (χ4n) is 2.03. The predicted octanol–water partition coefficient (Wildman–Crippen LogP) is 2.81. The average molecular weight is 326 g/mol. The van der Waals surface area contributed by atoms with Crippen LogP contribution in [0.15, 0.2) is 36.7 Å². The number of aromatic nitrogens is 2. The molecule has 0 bridgehead atoms. The molecule has 0 aliphatic carbocycles. The Morgan fingerprint density at radius 2 is 1.96 bits per heavy atom. The molecular weight excluding hydrogens is 309 g/mol. The number of amides is 1. The fourth-order valence-corrected chi connectivity index (χ4v) is 2.03. The van der Waals surface area contributed by atoms with Crippen molar-refractivity contribution < 1.29 is 18.0 Å². The Labute approximate surface area is 131 Å². The van der Waals surface area contributed by atoms with Crippen LogP contribution in [-0.2, 0) is 13.1 Å². The molecule has 1 amide bonds. The summed E-state index contributed by atoms with van der Waals surface area (Å²) in [5, 5.41) is 5.67. The number of carbonyl (C=O) groups is 1. The van der Waals surface area contributed by atoms with Crippen LogP contribution in [0.4, 0.5) is 18.9 Å². The van der Waals surface area contributed by atoms with Gasteiger partial charge in [0.05, 0.1) is 6.54 Å². The maximum atomic E-state index is 12.4. The maximum absolute atomic E-state index is 12.4. The van der Waals surface area contributed by atoms with E-state index in [1.807, 2.05) is 6.92 Å². The van der Waals surface area contributed by atoms with Crippen molar-refractivity contribution in [3.63, 3.8) is 0 Å². The zero-order chi connectivity index (χ0) is 16.9. The molecule has 0 aliphatic heterocycles. The highest BCUT2D eigenvalue weighted by atomic mass is 19.4. The van der Waals surface area contributed by atoms with Crippen molar-refractivity contribution >= 4 is 11.6 Å². The van der Waals surface area contributed by atoms with Gasteiger partial charge in [-0.05, 0) is 31.2 Å². The van der Waals surface area contributed by atoms with E-state index >= 15 is 0 Å². The summed E-state index contributed by atoms with van der Waals surface area (Å²) in [6.07, 6.45) is -1.66. The van der Waals surface area contributed by atoms with Crippen molar-refractivity contribution in [3.8, 4) is 0 Å². The molecule has 8 heteroatoms. The van der Waals surface area contributed by atoms with Gasteiger partial charge >= 0.3 is 6.18 Å². The Morgan fingerprint density at radius 1 is 1.26 bits per heavy atom. The van der Waals surface area contributed by atoms with Crippen LogP contribution < -0.4 is 10.6 Å². The van der Waals surface area contributed by atoms with Crippen LogP contribution in [0.5, 0.6) is 0 Å². The van der Waals surface area contributed by atoms with E-state index in [1.165, 1.54) is 12.4 Å². The minimum absolute atomic E-state index is 0.156. The lowest BCUT2D eigenvalue weighted by Gasteiger charge is -2.12. The first-order chi connectivity index (χ1) is 10.9. The summed E-state index contributed by atoms with van der Waals surface area (Å²) in [5.74, 6) is 0.120. The molecule has 1 aromatic heterocycles. The van der Waals surface area contributed by atoms with Gasteiger partial charge in [0.25, 0.3) is 5.91 Å². The number of benzene rings is 1. The van der Waals surface area contributed by atoms with Gasteiger partial charge in [-0.15, -0.1) is 0 Å². The van der Waals surface area contributed by atoms with E-state index in [-0.39, 0.29) is 18.3 Å². The first kappa shape index (κ1) is 16.9. The van der Waals surface area contributed by atoms with Crippen LogP contribution in [-0.4, -0.2) is 28.2 Å². The molecule has 0 fully saturated rings. The number of rotatable bonds is 6. The number of nitrogens with zero attached hydrogens (tertiary/aromatic N) is 2. The molecule has 124 valence electrons. The van der Waals surface area contributed by atoms with Crippen molar-refractivity contribution in [1.29, 1.82) is 0 Å². The largest absolute Gasteiger partial charge is 0.406 e. The Kier molecular flexibility index (Phi) is 5.25. The van der Waals surface area contributed by atoms with Crippen molar-refractivity contribution in [2.24, 2.45) is 0 Å². The van der Waals surface area contributed by atoms with E-state index < -0.39 is 12.7 Å². The van der Waals surface area contributed by atoms with Gasteiger partial charge in [0.2, 0.25) is 0 Å². The lowest BCUT2D eigenvalue weighted by Crippen LogP contribution is -2.22. The summed E-state index contributed by atoms with van der Waals surface area (Å²) < 4.78 is 38.4. The smallest absolute Gasteiger partial charge is 0.378 e. The van der Waals surface area contributed by atoms with Crippen LogP contribution >= 0.6 is 0 Å². The van der Waals surface area contributed by atoms with Gasteiger partial charge < -0.3 is 15.2 Å². The van der Waals surface area contributed by atoms with Gasteiger partial charge in [0, 0.05) is 30.2 Å². The lowest BCUT2D eigenvalue weighted by molar-refractivity contribution is -0.141. The van der Waals surface area contributed by atoms with E-state index in [9.17, 15) is 18.0 Å². The second-order valence-electron chi connectivity index (χ2n) is 4.88. The number of hydrogen-bond donors (Lipinski definition) is 2. The minimum atomic E-state index is -4.29. The van der Waals surface area contributed by atoms with E-state index in [0.29, 0.717) is 17.8 Å². The zero-order valence-corrected chi connectivity index (χ0v) is 12.5. The third-order valence-corrected chi connectivity index (χ3v) is 3.09. The van der Waals surface area contributed by atoms with E-state index in [1.54, 1.807) is 24.3 Å². The highest BCUT2D eigenvalue weighted by molar-refractivity contribution is 5.94. The molecule has 0 radical (unpaired) electrons. The van der Waals surface area contributed by atoms with E-state index in [4.69, 9.17) is 0 Å². The van der Waals surface area contributed by atoms with Crippen LogP contribution in [0.3, 0.4) is 0 Å². The molecule has 1 aromatic carbocycles. The Bertz CT molecular complexity index is 649. The number of nitrogens with one attached hydrogen (secondary N) is 2. The number of halogens is 3. The van der Waals surface area contributed by atoms with Crippen molar-refractivity contribution in [2.75, 3.05) is 11.9 Å². The molecule has 0 spiro atoms. The van der Waals surface area contributed by atoms with Crippen molar-refractivity contribution in [1.82, 2.24) is 14.9 Å². The SMILES string of the molecule is CCNC(=O)c1ccc(NCc2nccn2CC(F)(F)F)cc1. The minimum Gasteiger partial charge on any atom is -0.378 e. The average Bonchev–Trinajstić information content (AvgIpc) is 2.91.